The third-order valence-electron chi connectivity index (χ3n) is 4.92. The number of ether oxygens (including phenoxy) is 1. The largest absolute Gasteiger partial charge is 0.479 e. The minimum absolute atomic E-state index is 0.128. The Labute approximate surface area is 166 Å². The molecule has 0 spiro atoms. The van der Waals surface area contributed by atoms with Gasteiger partial charge in [-0.3, -0.25) is 0 Å². The monoisotopic (exact) mass is 380 g/mol. The van der Waals surface area contributed by atoms with E-state index in [0.29, 0.717) is 17.3 Å². The minimum atomic E-state index is 0.128. The van der Waals surface area contributed by atoms with Crippen LogP contribution in [0, 0.1) is 19.3 Å². The molecule has 0 aliphatic rings. The average molecular weight is 380 g/mol. The van der Waals surface area contributed by atoms with E-state index in [0.717, 1.165) is 22.8 Å². The summed E-state index contributed by atoms with van der Waals surface area (Å²) in [6, 6.07) is 6.13. The van der Waals surface area contributed by atoms with Crippen LogP contribution in [0.25, 0.3) is 17.1 Å². The first kappa shape index (κ1) is 19.8. The molecule has 0 bridgehead atoms. The highest BCUT2D eigenvalue weighted by atomic mass is 16.5. The summed E-state index contributed by atoms with van der Waals surface area (Å²) in [5.41, 5.74) is 4.33. The first-order valence-electron chi connectivity index (χ1n) is 9.36. The summed E-state index contributed by atoms with van der Waals surface area (Å²) in [7, 11) is 1.61. The molecule has 3 aromatic rings. The van der Waals surface area contributed by atoms with Crippen LogP contribution in [0.15, 0.2) is 30.7 Å². The zero-order valence-electron chi connectivity index (χ0n) is 17.6. The molecule has 3 aromatic heterocycles. The molecule has 7 heteroatoms. The van der Waals surface area contributed by atoms with E-state index < -0.39 is 0 Å². The Morgan fingerprint density at radius 3 is 2.43 bits per heavy atom. The van der Waals surface area contributed by atoms with Gasteiger partial charge < -0.3 is 14.6 Å². The number of aryl methyl sites for hydroxylation is 2. The van der Waals surface area contributed by atoms with Gasteiger partial charge in [-0.05, 0) is 49.9 Å². The molecule has 0 radical (unpaired) electrons. The normalized spacial score (nSPS) is 12.7. The van der Waals surface area contributed by atoms with Crippen molar-refractivity contribution in [2.75, 3.05) is 12.4 Å². The lowest BCUT2D eigenvalue weighted by Gasteiger charge is -2.28. The molecule has 1 N–H and O–H groups in total. The maximum Gasteiger partial charge on any atom is 0.238 e. The van der Waals surface area contributed by atoms with Crippen molar-refractivity contribution in [2.24, 2.45) is 5.41 Å². The molecule has 0 saturated heterocycles. The van der Waals surface area contributed by atoms with E-state index in [9.17, 15) is 0 Å². The summed E-state index contributed by atoms with van der Waals surface area (Å²) in [6.45, 7) is 12.7. The van der Waals surface area contributed by atoms with Gasteiger partial charge in [0, 0.05) is 12.2 Å². The Bertz CT molecular complexity index is 973. The van der Waals surface area contributed by atoms with Gasteiger partial charge in [-0.2, -0.15) is 0 Å². The van der Waals surface area contributed by atoms with Crippen LogP contribution in [0.4, 0.5) is 5.82 Å². The van der Waals surface area contributed by atoms with Crippen LogP contribution in [0.1, 0.15) is 39.0 Å². The summed E-state index contributed by atoms with van der Waals surface area (Å²) in [4.78, 5) is 8.89. The van der Waals surface area contributed by atoms with Crippen LogP contribution in [-0.2, 0) is 0 Å². The standard InChI is InChI=1S/C21H28N6O/c1-13-10-17(25-26-19(13)23-15(3)21(4,5)6)16-8-9-18(20(24-16)28-7)27-11-14(2)22-12-27/h8-12,15H,1-7H3,(H,23,26)/t15-/m0/s1. The van der Waals surface area contributed by atoms with Crippen molar-refractivity contribution in [3.05, 3.63) is 42.0 Å². The van der Waals surface area contributed by atoms with E-state index in [2.05, 4.69) is 53.2 Å². The van der Waals surface area contributed by atoms with Crippen molar-refractivity contribution in [3.63, 3.8) is 0 Å². The fourth-order valence-corrected chi connectivity index (χ4v) is 2.65. The molecule has 0 saturated carbocycles. The maximum absolute atomic E-state index is 5.49. The first-order valence-corrected chi connectivity index (χ1v) is 9.36. The van der Waals surface area contributed by atoms with Crippen molar-refractivity contribution >= 4 is 5.82 Å². The van der Waals surface area contributed by atoms with Crippen molar-refractivity contribution in [1.29, 1.82) is 0 Å². The van der Waals surface area contributed by atoms with Crippen LogP contribution in [0.3, 0.4) is 0 Å². The van der Waals surface area contributed by atoms with Gasteiger partial charge in [0.05, 0.1) is 24.8 Å². The van der Waals surface area contributed by atoms with Gasteiger partial charge in [0.15, 0.2) is 5.82 Å². The molecule has 3 heterocycles. The first-order chi connectivity index (χ1) is 13.2. The average Bonchev–Trinajstić information content (AvgIpc) is 3.08. The highest BCUT2D eigenvalue weighted by molar-refractivity contribution is 5.61. The smallest absolute Gasteiger partial charge is 0.238 e. The molecule has 0 aliphatic carbocycles. The molecule has 7 nitrogen and oxygen atoms in total. The van der Waals surface area contributed by atoms with Gasteiger partial charge in [0.1, 0.15) is 11.4 Å². The van der Waals surface area contributed by atoms with Crippen molar-refractivity contribution in [3.8, 4) is 23.0 Å². The van der Waals surface area contributed by atoms with E-state index in [1.54, 1.807) is 13.4 Å². The van der Waals surface area contributed by atoms with Gasteiger partial charge in [-0.15, -0.1) is 10.2 Å². The third kappa shape index (κ3) is 4.13. The van der Waals surface area contributed by atoms with E-state index >= 15 is 0 Å². The SMILES string of the molecule is COc1nc(-c2cc(C)c(N[C@@H](C)C(C)(C)C)nn2)ccc1-n1cnc(C)c1. The zero-order chi connectivity index (χ0) is 20.5. The Morgan fingerprint density at radius 1 is 1.11 bits per heavy atom. The number of imidazole rings is 1. The van der Waals surface area contributed by atoms with Crippen LogP contribution in [-0.4, -0.2) is 37.9 Å². The molecule has 148 valence electrons. The number of pyridine rings is 1. The van der Waals surface area contributed by atoms with Crippen LogP contribution < -0.4 is 10.1 Å². The lowest BCUT2D eigenvalue weighted by atomic mass is 9.88. The van der Waals surface area contributed by atoms with Crippen molar-refractivity contribution < 1.29 is 4.74 Å². The lowest BCUT2D eigenvalue weighted by Crippen LogP contribution is -2.31. The number of hydrogen-bond donors (Lipinski definition) is 1. The Hall–Kier alpha value is -2.96. The van der Waals surface area contributed by atoms with E-state index in [1.807, 2.05) is 42.8 Å². The number of rotatable bonds is 5. The molecule has 0 amide bonds. The summed E-state index contributed by atoms with van der Waals surface area (Å²) in [5.74, 6) is 1.31. The van der Waals surface area contributed by atoms with Crippen LogP contribution in [0.2, 0.25) is 0 Å². The van der Waals surface area contributed by atoms with E-state index in [4.69, 9.17) is 4.74 Å². The predicted octanol–water partition coefficient (Wildman–Crippen LogP) is 4.20. The Balaban J connectivity index is 1.90. The predicted molar refractivity (Wildman–Crippen MR) is 111 cm³/mol. The van der Waals surface area contributed by atoms with Crippen molar-refractivity contribution in [2.45, 2.75) is 47.6 Å². The van der Waals surface area contributed by atoms with Crippen molar-refractivity contribution in [1.82, 2.24) is 24.7 Å². The maximum atomic E-state index is 5.49. The van der Waals surface area contributed by atoms with Gasteiger partial charge in [0.25, 0.3) is 0 Å². The topological polar surface area (TPSA) is 77.8 Å². The second kappa shape index (κ2) is 7.58. The zero-order valence-corrected chi connectivity index (χ0v) is 17.6. The fraction of sp³-hybridized carbons (Fsp3) is 0.429. The highest BCUT2D eigenvalue weighted by Gasteiger charge is 2.21. The van der Waals surface area contributed by atoms with Gasteiger partial charge in [-0.25, -0.2) is 9.97 Å². The van der Waals surface area contributed by atoms with Gasteiger partial charge in [0.2, 0.25) is 5.88 Å². The number of aromatic nitrogens is 5. The summed E-state index contributed by atoms with van der Waals surface area (Å²) >= 11 is 0. The molecular weight excluding hydrogens is 352 g/mol. The summed E-state index contributed by atoms with van der Waals surface area (Å²) in [5, 5.41) is 12.2. The second-order valence-corrected chi connectivity index (χ2v) is 8.14. The van der Waals surface area contributed by atoms with E-state index in [-0.39, 0.29) is 11.5 Å². The number of nitrogens with one attached hydrogen (secondary N) is 1. The van der Waals surface area contributed by atoms with E-state index in [1.165, 1.54) is 0 Å². The van der Waals surface area contributed by atoms with Gasteiger partial charge >= 0.3 is 0 Å². The van der Waals surface area contributed by atoms with Crippen LogP contribution in [0.5, 0.6) is 5.88 Å². The number of anilines is 1. The molecular formula is C21H28N6O. The quantitative estimate of drug-likeness (QED) is 0.715. The Kier molecular flexibility index (Phi) is 5.36. The molecule has 0 aliphatic heterocycles. The molecule has 0 unspecified atom stereocenters. The number of methoxy groups -OCH3 is 1. The summed E-state index contributed by atoms with van der Waals surface area (Å²) in [6.07, 6.45) is 3.68. The van der Waals surface area contributed by atoms with Gasteiger partial charge in [-0.1, -0.05) is 20.8 Å². The highest BCUT2D eigenvalue weighted by Crippen LogP contribution is 2.27. The second-order valence-electron chi connectivity index (χ2n) is 8.14. The Morgan fingerprint density at radius 2 is 1.86 bits per heavy atom. The lowest BCUT2D eigenvalue weighted by molar-refractivity contribution is 0.358. The molecule has 0 aromatic carbocycles. The molecule has 0 fully saturated rings. The minimum Gasteiger partial charge on any atom is -0.479 e. The number of hydrogen-bond acceptors (Lipinski definition) is 6. The third-order valence-corrected chi connectivity index (χ3v) is 4.92. The fourth-order valence-electron chi connectivity index (χ4n) is 2.65. The molecule has 1 atom stereocenters. The van der Waals surface area contributed by atoms with Crippen LogP contribution >= 0.6 is 0 Å². The molecule has 3 rings (SSSR count). The summed E-state index contributed by atoms with van der Waals surface area (Å²) < 4.78 is 7.39. The molecule has 28 heavy (non-hydrogen) atoms. The number of nitrogens with zero attached hydrogens (tertiary/aromatic N) is 5.